The third-order valence-corrected chi connectivity index (χ3v) is 8.40. The summed E-state index contributed by atoms with van der Waals surface area (Å²) < 4.78 is 2.29. The van der Waals surface area contributed by atoms with Crippen molar-refractivity contribution in [2.45, 2.75) is 6.92 Å². The molecule has 0 bridgehead atoms. The van der Waals surface area contributed by atoms with E-state index in [-0.39, 0.29) is 0 Å². The van der Waals surface area contributed by atoms with Gasteiger partial charge in [0.25, 0.3) is 5.82 Å². The van der Waals surface area contributed by atoms with Crippen molar-refractivity contribution in [1.82, 2.24) is 4.98 Å². The molecule has 42 heavy (non-hydrogen) atoms. The van der Waals surface area contributed by atoms with Gasteiger partial charge in [-0.25, -0.2) is 4.98 Å². The summed E-state index contributed by atoms with van der Waals surface area (Å²) in [6.45, 7) is 2.12. The van der Waals surface area contributed by atoms with Crippen LogP contribution >= 0.6 is 0 Å². The van der Waals surface area contributed by atoms with Gasteiger partial charge in [0.05, 0.1) is 0 Å². The Morgan fingerprint density at radius 3 is 1.45 bits per heavy atom. The summed E-state index contributed by atoms with van der Waals surface area (Å²) in [6.07, 6.45) is 0. The molecule has 0 saturated carbocycles. The van der Waals surface area contributed by atoms with Crippen molar-refractivity contribution in [3.8, 4) is 39.1 Å². The quantitative estimate of drug-likeness (QED) is 0.170. The molecular formula is C40H29N2+. The van der Waals surface area contributed by atoms with Crippen LogP contribution in [-0.4, -0.2) is 4.98 Å². The Kier molecular flexibility index (Phi) is 5.72. The minimum Gasteiger partial charge on any atom is -0.241 e. The topological polar surface area (TPSA) is 19.7 Å². The van der Waals surface area contributed by atoms with Gasteiger partial charge >= 0.3 is 0 Å². The molecule has 0 radical (unpaired) electrons. The smallest absolute Gasteiger partial charge is 0.241 e. The molecule has 0 aliphatic heterocycles. The van der Waals surface area contributed by atoms with E-state index in [9.17, 15) is 0 Å². The Morgan fingerprint density at radius 2 is 0.881 bits per heavy atom. The number of benzene rings is 7. The van der Waals surface area contributed by atoms with Gasteiger partial charge < -0.3 is 0 Å². The van der Waals surface area contributed by atoms with Crippen LogP contribution in [0, 0.1) is 6.92 Å². The van der Waals surface area contributed by atoms with Gasteiger partial charge in [-0.05, 0) is 85.3 Å². The minimum absolute atomic E-state index is 1.11. The second-order valence-electron chi connectivity index (χ2n) is 10.9. The molecule has 0 saturated heterocycles. The molecule has 2 heteroatoms. The predicted octanol–water partition coefficient (Wildman–Crippen LogP) is 10.1. The average molecular weight is 538 g/mol. The maximum Gasteiger partial charge on any atom is 0.257 e. The minimum atomic E-state index is 1.11. The van der Waals surface area contributed by atoms with E-state index in [1.807, 2.05) is 0 Å². The second-order valence-corrected chi connectivity index (χ2v) is 10.9. The van der Waals surface area contributed by atoms with Gasteiger partial charge in [0.15, 0.2) is 11.0 Å². The number of para-hydroxylation sites is 1. The lowest BCUT2D eigenvalue weighted by Crippen LogP contribution is -2.32. The Labute approximate surface area is 245 Å². The molecule has 0 amide bonds. The van der Waals surface area contributed by atoms with Crippen molar-refractivity contribution in [2.75, 3.05) is 0 Å². The predicted molar refractivity (Wildman–Crippen MR) is 176 cm³/mol. The first-order chi connectivity index (χ1) is 20.8. The van der Waals surface area contributed by atoms with Crippen LogP contribution in [0.4, 0.5) is 0 Å². The van der Waals surface area contributed by atoms with E-state index in [2.05, 4.69) is 168 Å². The van der Waals surface area contributed by atoms with Crippen LogP contribution in [0.3, 0.4) is 0 Å². The number of H-pyrrole nitrogens is 1. The molecule has 2 nitrogen and oxygen atoms in total. The highest BCUT2D eigenvalue weighted by Crippen LogP contribution is 2.43. The van der Waals surface area contributed by atoms with E-state index >= 15 is 0 Å². The maximum absolute atomic E-state index is 3.55. The first-order valence-electron chi connectivity index (χ1n) is 14.5. The number of fused-ring (bicyclic) bond motifs is 3. The maximum atomic E-state index is 3.55. The second kappa shape index (κ2) is 9.87. The highest BCUT2D eigenvalue weighted by atomic mass is 15.1. The van der Waals surface area contributed by atoms with Crippen LogP contribution in [0.25, 0.3) is 71.6 Å². The van der Waals surface area contributed by atoms with Gasteiger partial charge in [0.1, 0.15) is 5.69 Å². The zero-order valence-corrected chi connectivity index (χ0v) is 23.4. The molecule has 0 atom stereocenters. The Bertz CT molecular complexity index is 2170. The molecule has 1 heterocycles. The molecule has 0 fully saturated rings. The van der Waals surface area contributed by atoms with Gasteiger partial charge in [0.2, 0.25) is 0 Å². The largest absolute Gasteiger partial charge is 0.257 e. The van der Waals surface area contributed by atoms with Crippen molar-refractivity contribution < 1.29 is 4.57 Å². The first kappa shape index (κ1) is 24.3. The van der Waals surface area contributed by atoms with E-state index in [4.69, 9.17) is 0 Å². The zero-order valence-electron chi connectivity index (χ0n) is 23.4. The Morgan fingerprint density at radius 1 is 0.429 bits per heavy atom. The molecular weight excluding hydrogens is 508 g/mol. The van der Waals surface area contributed by atoms with Gasteiger partial charge in [0, 0.05) is 6.92 Å². The number of hydrogen-bond acceptors (Lipinski definition) is 0. The summed E-state index contributed by atoms with van der Waals surface area (Å²) in [6, 6.07) is 54.7. The number of aryl methyl sites for hydroxylation is 1. The van der Waals surface area contributed by atoms with Crippen LogP contribution in [0.1, 0.15) is 5.82 Å². The first-order valence-corrected chi connectivity index (χ1v) is 14.5. The van der Waals surface area contributed by atoms with Crippen molar-refractivity contribution in [3.05, 3.63) is 157 Å². The summed E-state index contributed by atoms with van der Waals surface area (Å²) in [5.41, 5.74) is 10.9. The van der Waals surface area contributed by atoms with E-state index in [1.54, 1.807) is 0 Å². The molecule has 1 aromatic heterocycles. The zero-order chi connectivity index (χ0) is 28.0. The van der Waals surface area contributed by atoms with Crippen LogP contribution in [0.2, 0.25) is 0 Å². The summed E-state index contributed by atoms with van der Waals surface area (Å²) >= 11 is 0. The van der Waals surface area contributed by atoms with Gasteiger partial charge in [-0.1, -0.05) is 121 Å². The molecule has 0 aliphatic carbocycles. The molecule has 0 spiro atoms. The normalized spacial score (nSPS) is 11.5. The van der Waals surface area contributed by atoms with Crippen molar-refractivity contribution in [3.63, 3.8) is 0 Å². The fraction of sp³-hybridized carbons (Fsp3) is 0.0250. The molecule has 198 valence electrons. The molecule has 7 aromatic carbocycles. The van der Waals surface area contributed by atoms with E-state index in [0.717, 1.165) is 17.0 Å². The third-order valence-electron chi connectivity index (χ3n) is 8.40. The molecule has 8 rings (SSSR count). The van der Waals surface area contributed by atoms with E-state index in [1.165, 1.54) is 60.4 Å². The van der Waals surface area contributed by atoms with Gasteiger partial charge in [-0.3, -0.25) is 0 Å². The third kappa shape index (κ3) is 3.92. The van der Waals surface area contributed by atoms with Crippen LogP contribution < -0.4 is 4.57 Å². The number of imidazole rings is 1. The summed E-state index contributed by atoms with van der Waals surface area (Å²) in [5.74, 6) is 1.11. The number of aromatic amines is 1. The highest BCUT2D eigenvalue weighted by Gasteiger charge is 2.19. The lowest BCUT2D eigenvalue weighted by molar-refractivity contribution is -0.574. The van der Waals surface area contributed by atoms with Crippen molar-refractivity contribution in [2.24, 2.45) is 0 Å². The molecule has 0 unspecified atom stereocenters. The van der Waals surface area contributed by atoms with Crippen LogP contribution in [0.5, 0.6) is 0 Å². The molecule has 1 N–H and O–H groups in total. The highest BCUT2D eigenvalue weighted by molar-refractivity contribution is 6.21. The van der Waals surface area contributed by atoms with Gasteiger partial charge in [-0.15, -0.1) is 0 Å². The SMILES string of the molecule is Cc1[nH]c2ccc(-c3ccc(-c4c5ccccc5c(-c5ccccc5)c5ccccc45)cc3)cc2[n+]1-c1ccccc1. The average Bonchev–Trinajstić information content (AvgIpc) is 3.39. The molecule has 8 aromatic rings. The Balaban J connectivity index is 1.28. The Hall–Kier alpha value is -5.47. The summed E-state index contributed by atoms with van der Waals surface area (Å²) in [7, 11) is 0. The number of aromatic nitrogens is 2. The van der Waals surface area contributed by atoms with Crippen molar-refractivity contribution >= 4 is 32.6 Å². The van der Waals surface area contributed by atoms with E-state index < -0.39 is 0 Å². The lowest BCUT2D eigenvalue weighted by atomic mass is 9.86. The standard InChI is InChI=1S/C40H28N2/c1-27-41-37-25-24-31(26-38(37)42(27)32-14-6-3-7-15-32)28-20-22-30(23-21-28)40-35-18-10-8-16-33(35)39(29-12-4-2-5-13-29)34-17-9-11-19-36(34)40/h2-26H,1H3/p+1. The number of nitrogens with zero attached hydrogens (tertiary/aromatic N) is 1. The van der Waals surface area contributed by atoms with Crippen LogP contribution in [-0.2, 0) is 0 Å². The summed E-state index contributed by atoms with van der Waals surface area (Å²) in [4.78, 5) is 3.55. The monoisotopic (exact) mass is 537 g/mol. The lowest BCUT2D eigenvalue weighted by Gasteiger charge is -2.18. The fourth-order valence-corrected chi connectivity index (χ4v) is 6.53. The fourth-order valence-electron chi connectivity index (χ4n) is 6.53. The number of hydrogen-bond donors (Lipinski definition) is 1. The van der Waals surface area contributed by atoms with Crippen LogP contribution in [0.15, 0.2) is 152 Å². The molecule has 0 aliphatic rings. The summed E-state index contributed by atoms with van der Waals surface area (Å²) in [5, 5.41) is 5.10. The van der Waals surface area contributed by atoms with Gasteiger partial charge in [-0.2, -0.15) is 4.57 Å². The number of nitrogens with one attached hydrogen (secondary N) is 1. The number of rotatable bonds is 4. The van der Waals surface area contributed by atoms with E-state index in [0.29, 0.717) is 0 Å². The van der Waals surface area contributed by atoms with Crippen molar-refractivity contribution in [1.29, 1.82) is 0 Å².